The molecule has 2 aromatic rings. The molecule has 0 aliphatic heterocycles. The van der Waals surface area contributed by atoms with E-state index in [4.69, 9.17) is 5.11 Å². The van der Waals surface area contributed by atoms with E-state index in [0.717, 1.165) is 28.7 Å². The lowest BCUT2D eigenvalue weighted by molar-refractivity contribution is 0.0696. The van der Waals surface area contributed by atoms with Crippen LogP contribution in [-0.2, 0) is 5.41 Å². The molecule has 1 aliphatic carbocycles. The minimum atomic E-state index is -0.929. The van der Waals surface area contributed by atoms with Gasteiger partial charge in [-0.05, 0) is 46.7 Å². The third-order valence-corrected chi connectivity index (χ3v) is 4.68. The lowest BCUT2D eigenvalue weighted by atomic mass is 9.72. The number of ketones is 1. The van der Waals surface area contributed by atoms with Crippen molar-refractivity contribution in [3.05, 3.63) is 70.3 Å². The molecule has 0 aromatic heterocycles. The average molecular weight is 320 g/mol. The molecule has 0 fully saturated rings. The molecule has 1 aliphatic rings. The van der Waals surface area contributed by atoms with E-state index in [0.29, 0.717) is 6.42 Å². The third kappa shape index (κ3) is 3.16. The molecule has 0 spiro atoms. The number of hydrogen-bond donors (Lipinski definition) is 1. The molecule has 0 saturated carbocycles. The zero-order valence-electron chi connectivity index (χ0n) is 13.9. The molecule has 0 saturated heterocycles. The van der Waals surface area contributed by atoms with Crippen LogP contribution in [0, 0.1) is 0 Å². The molecule has 0 heterocycles. The Balaban J connectivity index is 1.87. The van der Waals surface area contributed by atoms with E-state index in [2.05, 4.69) is 19.9 Å². The van der Waals surface area contributed by atoms with Crippen molar-refractivity contribution >= 4 is 23.9 Å². The second-order valence-corrected chi connectivity index (χ2v) is 6.87. The molecule has 3 rings (SSSR count). The number of hydrogen-bond acceptors (Lipinski definition) is 2. The van der Waals surface area contributed by atoms with Gasteiger partial charge in [0, 0.05) is 12.0 Å². The first-order valence-corrected chi connectivity index (χ1v) is 8.06. The molecular weight excluding hydrogens is 300 g/mol. The van der Waals surface area contributed by atoms with Crippen molar-refractivity contribution in [2.75, 3.05) is 0 Å². The summed E-state index contributed by atoms with van der Waals surface area (Å²) in [6.45, 7) is 4.36. The fourth-order valence-corrected chi connectivity index (χ4v) is 3.11. The van der Waals surface area contributed by atoms with Gasteiger partial charge in [-0.25, -0.2) is 4.79 Å². The van der Waals surface area contributed by atoms with E-state index in [1.807, 2.05) is 24.3 Å². The smallest absolute Gasteiger partial charge is 0.335 e. The lowest BCUT2D eigenvalue weighted by Crippen LogP contribution is -2.27. The molecule has 0 unspecified atom stereocenters. The Morgan fingerprint density at radius 3 is 2.33 bits per heavy atom. The highest BCUT2D eigenvalue weighted by molar-refractivity contribution is 5.99. The lowest BCUT2D eigenvalue weighted by Gasteiger charge is -2.31. The summed E-state index contributed by atoms with van der Waals surface area (Å²) < 4.78 is 0. The standard InChI is InChI=1S/C21H20O3/c1-21(2)12-11-19(22)17-13-15(7-10-18(17)21)4-3-14-5-8-16(9-6-14)20(23)24/h3-10,13H,11-12H2,1-2H3,(H,23,24)/b4-3+. The van der Waals surface area contributed by atoms with Crippen molar-refractivity contribution in [3.63, 3.8) is 0 Å². The SMILES string of the molecule is CC1(C)CCC(=O)c2cc(/C=C/c3ccc(C(=O)O)cc3)ccc21. The summed E-state index contributed by atoms with van der Waals surface area (Å²) in [6.07, 6.45) is 5.37. The number of carboxylic acid groups (broad SMARTS) is 1. The summed E-state index contributed by atoms with van der Waals surface area (Å²) >= 11 is 0. The van der Waals surface area contributed by atoms with Gasteiger partial charge in [-0.2, -0.15) is 0 Å². The van der Waals surface area contributed by atoms with Crippen molar-refractivity contribution in [2.45, 2.75) is 32.1 Å². The predicted octanol–water partition coefficient (Wildman–Crippen LogP) is 4.81. The molecule has 0 atom stereocenters. The summed E-state index contributed by atoms with van der Waals surface area (Å²) in [5.41, 5.74) is 4.16. The van der Waals surface area contributed by atoms with Gasteiger partial charge < -0.3 is 5.11 Å². The Morgan fingerprint density at radius 1 is 1.04 bits per heavy atom. The second-order valence-electron chi connectivity index (χ2n) is 6.87. The fraction of sp³-hybridized carbons (Fsp3) is 0.238. The van der Waals surface area contributed by atoms with Crippen LogP contribution in [0.2, 0.25) is 0 Å². The number of benzene rings is 2. The highest BCUT2D eigenvalue weighted by Gasteiger charge is 2.31. The van der Waals surface area contributed by atoms with E-state index in [1.54, 1.807) is 24.3 Å². The Kier molecular flexibility index (Phi) is 4.10. The van der Waals surface area contributed by atoms with E-state index in [1.165, 1.54) is 0 Å². The number of aromatic carboxylic acids is 1. The van der Waals surface area contributed by atoms with E-state index < -0.39 is 5.97 Å². The maximum absolute atomic E-state index is 12.2. The van der Waals surface area contributed by atoms with Gasteiger partial charge in [0.2, 0.25) is 0 Å². The van der Waals surface area contributed by atoms with Crippen molar-refractivity contribution in [3.8, 4) is 0 Å². The largest absolute Gasteiger partial charge is 0.478 e. The molecular formula is C21H20O3. The maximum Gasteiger partial charge on any atom is 0.335 e. The second kappa shape index (κ2) is 6.08. The van der Waals surface area contributed by atoms with Crippen LogP contribution >= 0.6 is 0 Å². The van der Waals surface area contributed by atoms with Crippen LogP contribution in [0.3, 0.4) is 0 Å². The summed E-state index contributed by atoms with van der Waals surface area (Å²) in [5.74, 6) is -0.716. The summed E-state index contributed by atoms with van der Waals surface area (Å²) in [6, 6.07) is 12.8. The van der Waals surface area contributed by atoms with Crippen molar-refractivity contribution in [1.82, 2.24) is 0 Å². The average Bonchev–Trinajstić information content (AvgIpc) is 2.57. The highest BCUT2D eigenvalue weighted by atomic mass is 16.4. The van der Waals surface area contributed by atoms with Gasteiger partial charge >= 0.3 is 5.97 Å². The molecule has 1 N–H and O–H groups in total. The Bertz CT molecular complexity index is 827. The molecule has 0 amide bonds. The molecule has 3 heteroatoms. The normalized spacial score (nSPS) is 16.2. The third-order valence-electron chi connectivity index (χ3n) is 4.68. The topological polar surface area (TPSA) is 54.4 Å². The first kappa shape index (κ1) is 16.2. The van der Waals surface area contributed by atoms with E-state index in [9.17, 15) is 9.59 Å². The number of fused-ring (bicyclic) bond motifs is 1. The Hall–Kier alpha value is -2.68. The van der Waals surface area contributed by atoms with Crippen LogP contribution in [0.5, 0.6) is 0 Å². The van der Waals surface area contributed by atoms with Crippen molar-refractivity contribution < 1.29 is 14.7 Å². The number of Topliss-reactive ketones (excluding diaryl/α,β-unsaturated/α-hetero) is 1. The summed E-state index contributed by atoms with van der Waals surface area (Å²) in [7, 11) is 0. The molecule has 2 aromatic carbocycles. The molecule has 0 radical (unpaired) electrons. The van der Waals surface area contributed by atoms with E-state index in [-0.39, 0.29) is 16.8 Å². The maximum atomic E-state index is 12.2. The Labute approximate surface area is 141 Å². The van der Waals surface area contributed by atoms with Crippen LogP contribution in [0.15, 0.2) is 42.5 Å². The summed E-state index contributed by atoms with van der Waals surface area (Å²) in [4.78, 5) is 23.1. The Morgan fingerprint density at radius 2 is 1.67 bits per heavy atom. The molecule has 24 heavy (non-hydrogen) atoms. The van der Waals surface area contributed by atoms with Gasteiger partial charge in [0.25, 0.3) is 0 Å². The number of carbonyl (C=O) groups is 2. The molecule has 0 bridgehead atoms. The van der Waals surface area contributed by atoms with Gasteiger partial charge in [0.1, 0.15) is 0 Å². The zero-order chi connectivity index (χ0) is 17.3. The number of carbonyl (C=O) groups excluding carboxylic acids is 1. The first-order chi connectivity index (χ1) is 11.4. The first-order valence-electron chi connectivity index (χ1n) is 8.06. The number of rotatable bonds is 3. The van der Waals surface area contributed by atoms with Gasteiger partial charge in [-0.15, -0.1) is 0 Å². The molecule has 122 valence electrons. The van der Waals surface area contributed by atoms with Gasteiger partial charge in [-0.3, -0.25) is 4.79 Å². The van der Waals surface area contributed by atoms with Gasteiger partial charge in [0.05, 0.1) is 5.56 Å². The zero-order valence-corrected chi connectivity index (χ0v) is 13.9. The van der Waals surface area contributed by atoms with E-state index >= 15 is 0 Å². The van der Waals surface area contributed by atoms with Gasteiger partial charge in [-0.1, -0.05) is 50.3 Å². The molecule has 3 nitrogen and oxygen atoms in total. The van der Waals surface area contributed by atoms with Crippen LogP contribution in [0.1, 0.15) is 64.1 Å². The van der Waals surface area contributed by atoms with Crippen LogP contribution < -0.4 is 0 Å². The van der Waals surface area contributed by atoms with Crippen molar-refractivity contribution in [2.24, 2.45) is 0 Å². The van der Waals surface area contributed by atoms with Crippen LogP contribution in [0.25, 0.3) is 12.2 Å². The van der Waals surface area contributed by atoms with Crippen molar-refractivity contribution in [1.29, 1.82) is 0 Å². The highest BCUT2D eigenvalue weighted by Crippen LogP contribution is 2.37. The summed E-state index contributed by atoms with van der Waals surface area (Å²) in [5, 5.41) is 8.91. The monoisotopic (exact) mass is 320 g/mol. The van der Waals surface area contributed by atoms with Gasteiger partial charge in [0.15, 0.2) is 5.78 Å². The minimum Gasteiger partial charge on any atom is -0.478 e. The fourth-order valence-electron chi connectivity index (χ4n) is 3.11. The predicted molar refractivity (Wildman–Crippen MR) is 95.4 cm³/mol. The number of carboxylic acids is 1. The quantitative estimate of drug-likeness (QED) is 0.826. The minimum absolute atomic E-state index is 0.0398. The van der Waals surface area contributed by atoms with Crippen LogP contribution in [0.4, 0.5) is 0 Å². The van der Waals surface area contributed by atoms with Crippen LogP contribution in [-0.4, -0.2) is 16.9 Å².